The van der Waals surface area contributed by atoms with E-state index in [0.29, 0.717) is 5.92 Å². The fraction of sp³-hybridized carbons (Fsp3) is 0.692. The van der Waals surface area contributed by atoms with E-state index < -0.39 is 0 Å². The number of halogens is 1. The van der Waals surface area contributed by atoms with Crippen LogP contribution in [0.4, 0.5) is 5.82 Å². The third-order valence-corrected chi connectivity index (χ3v) is 2.90. The maximum Gasteiger partial charge on any atom is 0.133 e. The van der Waals surface area contributed by atoms with E-state index in [2.05, 4.69) is 57.6 Å². The van der Waals surface area contributed by atoms with Crippen LogP contribution in [0.25, 0.3) is 0 Å². The van der Waals surface area contributed by atoms with Gasteiger partial charge in [-0.05, 0) is 13.3 Å². The van der Waals surface area contributed by atoms with Gasteiger partial charge in [0.05, 0.1) is 0 Å². The van der Waals surface area contributed by atoms with Crippen molar-refractivity contribution in [1.29, 1.82) is 0 Å². The molecule has 1 aromatic heterocycles. The summed E-state index contributed by atoms with van der Waals surface area (Å²) < 4.78 is 0. The molecule has 1 rings (SSSR count). The van der Waals surface area contributed by atoms with Crippen molar-refractivity contribution in [2.75, 3.05) is 23.3 Å². The predicted molar refractivity (Wildman–Crippen MR) is 77.2 cm³/mol. The van der Waals surface area contributed by atoms with E-state index in [1.165, 1.54) is 0 Å². The highest BCUT2D eigenvalue weighted by Crippen LogP contribution is 2.17. The van der Waals surface area contributed by atoms with E-state index in [4.69, 9.17) is 0 Å². The summed E-state index contributed by atoms with van der Waals surface area (Å²) in [5.74, 6) is 2.37. The molecule has 0 bridgehead atoms. The lowest BCUT2D eigenvalue weighted by atomic mass is 10.2. The van der Waals surface area contributed by atoms with Gasteiger partial charge in [0.25, 0.3) is 0 Å². The molecule has 17 heavy (non-hydrogen) atoms. The Labute approximate surface area is 113 Å². The molecule has 0 radical (unpaired) electrons. The van der Waals surface area contributed by atoms with Gasteiger partial charge in [-0.2, -0.15) is 0 Å². The number of rotatable bonds is 6. The zero-order valence-electron chi connectivity index (χ0n) is 11.2. The van der Waals surface area contributed by atoms with Crippen LogP contribution >= 0.6 is 15.9 Å². The van der Waals surface area contributed by atoms with Gasteiger partial charge in [0.2, 0.25) is 0 Å². The van der Waals surface area contributed by atoms with Gasteiger partial charge in [0.1, 0.15) is 11.6 Å². The van der Waals surface area contributed by atoms with Gasteiger partial charge in [0.15, 0.2) is 0 Å². The first-order chi connectivity index (χ1) is 8.08. The molecule has 0 aromatic carbocycles. The molecule has 4 heteroatoms. The lowest BCUT2D eigenvalue weighted by Crippen LogP contribution is -2.27. The number of anilines is 1. The molecule has 96 valence electrons. The maximum absolute atomic E-state index is 4.66. The number of aryl methyl sites for hydroxylation is 1. The van der Waals surface area contributed by atoms with E-state index in [9.17, 15) is 0 Å². The van der Waals surface area contributed by atoms with Crippen molar-refractivity contribution in [3.05, 3.63) is 17.6 Å². The lowest BCUT2D eigenvalue weighted by molar-refractivity contribution is 0.735. The highest BCUT2D eigenvalue weighted by Gasteiger charge is 2.11. The SMILES string of the molecule is CCCN(CCBr)c1cc(C)nc(C(C)C)n1. The molecular weight excluding hydrogens is 278 g/mol. The van der Waals surface area contributed by atoms with Gasteiger partial charge in [0, 0.05) is 36.1 Å². The number of nitrogens with zero attached hydrogens (tertiary/aromatic N) is 3. The minimum Gasteiger partial charge on any atom is -0.356 e. The first kappa shape index (κ1) is 14.4. The summed E-state index contributed by atoms with van der Waals surface area (Å²) in [4.78, 5) is 11.5. The molecule has 0 unspecified atom stereocenters. The van der Waals surface area contributed by atoms with Gasteiger partial charge < -0.3 is 4.90 Å². The van der Waals surface area contributed by atoms with Crippen molar-refractivity contribution in [3.8, 4) is 0 Å². The van der Waals surface area contributed by atoms with E-state index in [0.717, 1.165) is 42.2 Å². The standard InChI is InChI=1S/C13H22BrN3/c1-5-7-17(8-6-14)12-9-11(4)15-13(16-12)10(2)3/h9-10H,5-8H2,1-4H3. The predicted octanol–water partition coefficient (Wildman–Crippen LogP) is 3.52. The Hall–Kier alpha value is -0.640. The minimum absolute atomic E-state index is 0.376. The molecule has 0 fully saturated rings. The lowest BCUT2D eigenvalue weighted by Gasteiger charge is -2.23. The third-order valence-electron chi connectivity index (χ3n) is 2.55. The maximum atomic E-state index is 4.66. The van der Waals surface area contributed by atoms with Crippen LogP contribution in [0.1, 0.15) is 44.6 Å². The van der Waals surface area contributed by atoms with Gasteiger partial charge in [-0.3, -0.25) is 0 Å². The first-order valence-electron chi connectivity index (χ1n) is 6.25. The van der Waals surface area contributed by atoms with E-state index in [-0.39, 0.29) is 0 Å². The number of hydrogen-bond donors (Lipinski definition) is 0. The molecule has 1 heterocycles. The van der Waals surface area contributed by atoms with Gasteiger partial charge >= 0.3 is 0 Å². The second kappa shape index (κ2) is 6.94. The van der Waals surface area contributed by atoms with E-state index >= 15 is 0 Å². The Morgan fingerprint density at radius 2 is 2.00 bits per heavy atom. The second-order valence-electron chi connectivity index (χ2n) is 4.56. The number of hydrogen-bond acceptors (Lipinski definition) is 3. The Bertz CT molecular complexity index is 347. The Balaban J connectivity index is 3.00. The fourth-order valence-corrected chi connectivity index (χ4v) is 2.14. The molecule has 0 amide bonds. The first-order valence-corrected chi connectivity index (χ1v) is 7.37. The molecular formula is C13H22BrN3. The van der Waals surface area contributed by atoms with Crippen molar-refractivity contribution < 1.29 is 0 Å². The van der Waals surface area contributed by atoms with Gasteiger partial charge in [-0.15, -0.1) is 0 Å². The zero-order valence-corrected chi connectivity index (χ0v) is 12.8. The summed E-state index contributed by atoms with van der Waals surface area (Å²) in [5, 5.41) is 0.965. The molecule has 0 atom stereocenters. The van der Waals surface area contributed by atoms with Crippen LogP contribution in [0.2, 0.25) is 0 Å². The van der Waals surface area contributed by atoms with Crippen LogP contribution in [-0.4, -0.2) is 28.4 Å². The van der Waals surface area contributed by atoms with Gasteiger partial charge in [-0.25, -0.2) is 9.97 Å². The third kappa shape index (κ3) is 4.26. The molecule has 0 saturated carbocycles. The largest absolute Gasteiger partial charge is 0.356 e. The van der Waals surface area contributed by atoms with Crippen molar-refractivity contribution in [2.24, 2.45) is 0 Å². The summed E-state index contributed by atoms with van der Waals surface area (Å²) >= 11 is 3.50. The molecule has 3 nitrogen and oxygen atoms in total. The second-order valence-corrected chi connectivity index (χ2v) is 5.35. The molecule has 0 N–H and O–H groups in total. The molecule has 0 aliphatic rings. The summed E-state index contributed by atoms with van der Waals surface area (Å²) in [7, 11) is 0. The average molecular weight is 300 g/mol. The van der Waals surface area contributed by atoms with E-state index in [1.807, 2.05) is 6.92 Å². The van der Waals surface area contributed by atoms with Crippen molar-refractivity contribution in [3.63, 3.8) is 0 Å². The number of aromatic nitrogens is 2. The van der Waals surface area contributed by atoms with Crippen LogP contribution in [0.15, 0.2) is 6.07 Å². The van der Waals surface area contributed by atoms with E-state index in [1.54, 1.807) is 0 Å². The topological polar surface area (TPSA) is 29.0 Å². The van der Waals surface area contributed by atoms with Crippen LogP contribution < -0.4 is 4.90 Å². The molecule has 0 saturated heterocycles. The van der Waals surface area contributed by atoms with Crippen LogP contribution in [0, 0.1) is 6.92 Å². The Morgan fingerprint density at radius 1 is 1.29 bits per heavy atom. The molecule has 0 spiro atoms. The highest BCUT2D eigenvalue weighted by atomic mass is 79.9. The number of alkyl halides is 1. The summed E-state index contributed by atoms with van der Waals surface area (Å²) in [6.45, 7) is 10.5. The van der Waals surface area contributed by atoms with Crippen molar-refractivity contribution >= 4 is 21.7 Å². The Morgan fingerprint density at radius 3 is 2.53 bits per heavy atom. The smallest absolute Gasteiger partial charge is 0.133 e. The molecule has 0 aliphatic heterocycles. The summed E-state index contributed by atoms with van der Waals surface area (Å²) in [6, 6.07) is 2.07. The van der Waals surface area contributed by atoms with Gasteiger partial charge in [-0.1, -0.05) is 36.7 Å². The highest BCUT2D eigenvalue weighted by molar-refractivity contribution is 9.09. The normalized spacial score (nSPS) is 10.9. The quantitative estimate of drug-likeness (QED) is 0.753. The summed E-state index contributed by atoms with van der Waals surface area (Å²) in [5.41, 5.74) is 1.05. The monoisotopic (exact) mass is 299 g/mol. The van der Waals surface area contributed by atoms with Crippen LogP contribution in [0.5, 0.6) is 0 Å². The minimum atomic E-state index is 0.376. The van der Waals surface area contributed by atoms with Crippen molar-refractivity contribution in [1.82, 2.24) is 9.97 Å². The molecule has 0 aliphatic carbocycles. The average Bonchev–Trinajstić information content (AvgIpc) is 2.28. The Kier molecular flexibility index (Phi) is 5.89. The van der Waals surface area contributed by atoms with Crippen LogP contribution in [0.3, 0.4) is 0 Å². The van der Waals surface area contributed by atoms with Crippen molar-refractivity contribution in [2.45, 2.75) is 40.0 Å². The summed E-state index contributed by atoms with van der Waals surface area (Å²) in [6.07, 6.45) is 1.13. The van der Waals surface area contributed by atoms with Crippen LogP contribution in [-0.2, 0) is 0 Å². The fourth-order valence-electron chi connectivity index (χ4n) is 1.71. The molecule has 1 aromatic rings. The zero-order chi connectivity index (χ0) is 12.8.